The third-order valence-corrected chi connectivity index (χ3v) is 6.28. The first kappa shape index (κ1) is 26.1. The topological polar surface area (TPSA) is 131 Å². The van der Waals surface area contributed by atoms with Crippen LogP contribution >= 0.6 is 23.1 Å². The highest BCUT2D eigenvalue weighted by Gasteiger charge is 2.36. The predicted octanol–water partition coefficient (Wildman–Crippen LogP) is 4.17. The maximum Gasteiger partial charge on any atom is 0.273 e. The number of benzene rings is 2. The van der Waals surface area contributed by atoms with Crippen molar-refractivity contribution in [3.63, 3.8) is 0 Å². The zero-order valence-electron chi connectivity index (χ0n) is 19.1. The zero-order chi connectivity index (χ0) is 25.7. The van der Waals surface area contributed by atoms with Crippen LogP contribution in [-0.4, -0.2) is 28.6 Å². The molecule has 0 radical (unpaired) electrons. The number of rotatable bonds is 9. The van der Waals surface area contributed by atoms with E-state index >= 15 is 0 Å². The minimum absolute atomic E-state index is 0.1000. The summed E-state index contributed by atoms with van der Waals surface area (Å²) in [6.45, 7) is 4.42. The van der Waals surface area contributed by atoms with Gasteiger partial charge in [-0.05, 0) is 59.8 Å². The van der Waals surface area contributed by atoms with E-state index in [-0.39, 0.29) is 21.9 Å². The summed E-state index contributed by atoms with van der Waals surface area (Å²) >= 11 is 6.72. The van der Waals surface area contributed by atoms with Crippen LogP contribution in [0.2, 0.25) is 5.02 Å². The lowest BCUT2D eigenvalue weighted by Gasteiger charge is -2.31. The fourth-order valence-corrected chi connectivity index (χ4v) is 4.26. The van der Waals surface area contributed by atoms with Gasteiger partial charge < -0.3 is 16.8 Å². The summed E-state index contributed by atoms with van der Waals surface area (Å²) < 4.78 is 18.1. The van der Waals surface area contributed by atoms with Crippen molar-refractivity contribution in [1.82, 2.24) is 9.69 Å². The Bertz CT molecular complexity index is 1230. The van der Waals surface area contributed by atoms with Crippen molar-refractivity contribution >= 4 is 52.2 Å². The van der Waals surface area contributed by atoms with Crippen molar-refractivity contribution in [1.29, 1.82) is 0 Å². The summed E-state index contributed by atoms with van der Waals surface area (Å²) in [5.74, 6) is -2.38. The van der Waals surface area contributed by atoms with Gasteiger partial charge in [0.1, 0.15) is 16.7 Å². The number of hydrogen-bond acceptors (Lipinski definition) is 6. The SMILES string of the molecule is CC(C)CCNC(=O)[C@H](c1ccc(Cl)cc1)N(C(=O)c1snc(C(N)=O)c1N)c1cccc(F)c1. The summed E-state index contributed by atoms with van der Waals surface area (Å²) in [4.78, 5) is 40.0. The molecule has 2 aromatic carbocycles. The second kappa shape index (κ2) is 11.3. The van der Waals surface area contributed by atoms with Crippen LogP contribution in [0.15, 0.2) is 48.5 Å². The van der Waals surface area contributed by atoms with Gasteiger partial charge in [-0.1, -0.05) is 43.6 Å². The molecule has 0 aliphatic rings. The molecule has 3 rings (SSSR count). The average Bonchev–Trinajstić information content (AvgIpc) is 3.19. The number of primary amides is 1. The van der Waals surface area contributed by atoms with Crippen LogP contribution in [-0.2, 0) is 4.79 Å². The molecule has 3 aromatic rings. The Balaban J connectivity index is 2.16. The van der Waals surface area contributed by atoms with Crippen LogP contribution in [0.1, 0.15) is 52.0 Å². The number of amides is 3. The number of nitrogens with zero attached hydrogens (tertiary/aromatic N) is 2. The number of hydrogen-bond donors (Lipinski definition) is 3. The molecule has 5 N–H and O–H groups in total. The van der Waals surface area contributed by atoms with Gasteiger partial charge in [-0.3, -0.25) is 19.3 Å². The van der Waals surface area contributed by atoms with Crippen molar-refractivity contribution < 1.29 is 18.8 Å². The van der Waals surface area contributed by atoms with Crippen molar-refractivity contribution in [3.8, 4) is 0 Å². The van der Waals surface area contributed by atoms with Gasteiger partial charge in [0.25, 0.3) is 11.8 Å². The summed E-state index contributed by atoms with van der Waals surface area (Å²) in [6.07, 6.45) is 0.719. The van der Waals surface area contributed by atoms with Gasteiger partial charge >= 0.3 is 0 Å². The first-order chi connectivity index (χ1) is 16.6. The molecule has 1 heterocycles. The molecule has 0 fully saturated rings. The Morgan fingerprint density at radius 3 is 2.43 bits per heavy atom. The van der Waals surface area contributed by atoms with E-state index in [1.165, 1.54) is 18.2 Å². The van der Waals surface area contributed by atoms with Crippen LogP contribution in [0.5, 0.6) is 0 Å². The maximum atomic E-state index is 14.2. The maximum absolute atomic E-state index is 14.2. The lowest BCUT2D eigenvalue weighted by Crippen LogP contribution is -2.44. The van der Waals surface area contributed by atoms with Crippen molar-refractivity contribution in [2.24, 2.45) is 11.7 Å². The molecule has 35 heavy (non-hydrogen) atoms. The first-order valence-electron chi connectivity index (χ1n) is 10.8. The first-order valence-corrected chi connectivity index (χ1v) is 11.9. The molecule has 1 aromatic heterocycles. The molecule has 0 aliphatic heterocycles. The van der Waals surface area contributed by atoms with E-state index in [2.05, 4.69) is 9.69 Å². The van der Waals surface area contributed by atoms with Crippen molar-refractivity contribution in [2.75, 3.05) is 17.2 Å². The summed E-state index contributed by atoms with van der Waals surface area (Å²) in [5.41, 5.74) is 11.4. The Kier molecular flexibility index (Phi) is 8.42. The molecular formula is C24H25ClFN5O3S. The smallest absolute Gasteiger partial charge is 0.273 e. The predicted molar refractivity (Wildman–Crippen MR) is 135 cm³/mol. The van der Waals surface area contributed by atoms with E-state index < -0.39 is 29.6 Å². The number of carbonyl (C=O) groups is 3. The van der Waals surface area contributed by atoms with Crippen molar-refractivity contribution in [3.05, 3.63) is 75.5 Å². The normalized spacial score (nSPS) is 11.8. The number of nitrogens with two attached hydrogens (primary N) is 2. The second-order valence-corrected chi connectivity index (χ2v) is 9.43. The van der Waals surface area contributed by atoms with Gasteiger partial charge in [0.2, 0.25) is 5.91 Å². The van der Waals surface area contributed by atoms with Crippen LogP contribution in [0, 0.1) is 11.7 Å². The Hall–Kier alpha value is -3.50. The zero-order valence-corrected chi connectivity index (χ0v) is 20.7. The number of carbonyl (C=O) groups excluding carboxylic acids is 3. The number of nitrogen functional groups attached to an aromatic ring is 1. The molecule has 0 saturated heterocycles. The van der Waals surface area contributed by atoms with E-state index in [4.69, 9.17) is 23.1 Å². The van der Waals surface area contributed by atoms with E-state index in [1.807, 2.05) is 13.8 Å². The summed E-state index contributed by atoms with van der Waals surface area (Å²) in [5, 5.41) is 3.30. The fourth-order valence-electron chi connectivity index (χ4n) is 3.39. The molecule has 11 heteroatoms. The minimum atomic E-state index is -1.20. The molecule has 3 amide bonds. The molecule has 184 valence electrons. The monoisotopic (exact) mass is 517 g/mol. The number of aromatic nitrogens is 1. The fraction of sp³-hybridized carbons (Fsp3) is 0.250. The highest BCUT2D eigenvalue weighted by atomic mass is 35.5. The molecule has 0 bridgehead atoms. The minimum Gasteiger partial charge on any atom is -0.395 e. The molecule has 0 aliphatic carbocycles. The standard InChI is InChI=1S/C24H25ClFN5O3S/c1-13(2)10-11-29-23(33)20(14-6-8-15(25)9-7-14)31(17-5-3-4-16(26)12-17)24(34)21-18(27)19(22(28)32)30-35-21/h3-9,12-13,20H,10-11,27H2,1-2H3,(H2,28,32)(H,29,33)/t20-/m0/s1. The van der Waals surface area contributed by atoms with Crippen molar-refractivity contribution in [2.45, 2.75) is 26.3 Å². The highest BCUT2D eigenvalue weighted by molar-refractivity contribution is 7.09. The van der Waals surface area contributed by atoms with Gasteiger partial charge in [0.05, 0.1) is 5.69 Å². The van der Waals surface area contributed by atoms with E-state index in [9.17, 15) is 18.8 Å². The molecule has 8 nitrogen and oxygen atoms in total. The lowest BCUT2D eigenvalue weighted by molar-refractivity contribution is -0.122. The quantitative estimate of drug-likeness (QED) is 0.392. The molecule has 1 atom stereocenters. The highest BCUT2D eigenvalue weighted by Crippen LogP contribution is 2.33. The van der Waals surface area contributed by atoms with Gasteiger partial charge in [-0.2, -0.15) is 4.37 Å². The van der Waals surface area contributed by atoms with E-state index in [0.717, 1.165) is 17.4 Å². The van der Waals surface area contributed by atoms with Crippen LogP contribution in [0.25, 0.3) is 0 Å². The van der Waals surface area contributed by atoms with E-state index in [0.29, 0.717) is 34.6 Å². The second-order valence-electron chi connectivity index (χ2n) is 8.22. The largest absolute Gasteiger partial charge is 0.395 e. The molecule has 0 saturated carbocycles. The summed E-state index contributed by atoms with van der Waals surface area (Å²) in [7, 11) is 0. The average molecular weight is 518 g/mol. The number of nitrogens with one attached hydrogen (secondary N) is 1. The van der Waals surface area contributed by atoms with Crippen LogP contribution in [0.3, 0.4) is 0 Å². The van der Waals surface area contributed by atoms with Crippen LogP contribution in [0.4, 0.5) is 15.8 Å². The third kappa shape index (κ3) is 6.14. The summed E-state index contributed by atoms with van der Waals surface area (Å²) in [6, 6.07) is 10.5. The third-order valence-electron chi connectivity index (χ3n) is 5.17. The molecule has 0 spiro atoms. The number of anilines is 2. The van der Waals surface area contributed by atoms with Gasteiger partial charge in [-0.15, -0.1) is 0 Å². The van der Waals surface area contributed by atoms with Crippen LogP contribution < -0.4 is 21.7 Å². The van der Waals surface area contributed by atoms with Gasteiger partial charge in [-0.25, -0.2) is 4.39 Å². The Labute approximate surface area is 211 Å². The van der Waals surface area contributed by atoms with Gasteiger partial charge in [0.15, 0.2) is 5.69 Å². The Morgan fingerprint density at radius 2 is 1.86 bits per heavy atom. The lowest BCUT2D eigenvalue weighted by atomic mass is 10.0. The number of halogens is 2. The van der Waals surface area contributed by atoms with E-state index in [1.54, 1.807) is 24.3 Å². The molecular weight excluding hydrogens is 493 g/mol. The molecule has 0 unspecified atom stereocenters. The Morgan fingerprint density at radius 1 is 1.17 bits per heavy atom. The van der Waals surface area contributed by atoms with Gasteiger partial charge in [0, 0.05) is 17.3 Å².